The van der Waals surface area contributed by atoms with E-state index in [-0.39, 0.29) is 0 Å². The summed E-state index contributed by atoms with van der Waals surface area (Å²) in [6.45, 7) is 0.694. The summed E-state index contributed by atoms with van der Waals surface area (Å²) in [7, 11) is 1.60. The van der Waals surface area contributed by atoms with Crippen molar-refractivity contribution in [3.05, 3.63) is 56.4 Å². The van der Waals surface area contributed by atoms with Crippen molar-refractivity contribution in [3.63, 3.8) is 0 Å². The van der Waals surface area contributed by atoms with Crippen molar-refractivity contribution in [2.75, 3.05) is 19.0 Å². The maximum Gasteiger partial charge on any atom is 0.250 e. The number of allylic oxidation sites excluding steroid dienone is 1. The van der Waals surface area contributed by atoms with Gasteiger partial charge in [-0.1, -0.05) is 23.8 Å². The minimum absolute atomic E-state index is 0.408. The zero-order chi connectivity index (χ0) is 16.2. The van der Waals surface area contributed by atoms with Gasteiger partial charge in [0.25, 0.3) is 0 Å². The summed E-state index contributed by atoms with van der Waals surface area (Å²) in [5.74, 6) is 0.728. The summed E-state index contributed by atoms with van der Waals surface area (Å²) in [5.41, 5.74) is 2.35. The van der Waals surface area contributed by atoms with E-state index < -0.39 is 10.9 Å². The summed E-state index contributed by atoms with van der Waals surface area (Å²) in [4.78, 5) is 23.7. The summed E-state index contributed by atoms with van der Waals surface area (Å²) in [6, 6.07) is 7.21. The van der Waals surface area contributed by atoms with Crippen LogP contribution in [0.4, 0.5) is 5.69 Å². The first kappa shape index (κ1) is 15.5. The van der Waals surface area contributed by atoms with E-state index in [0.717, 1.165) is 30.6 Å². The van der Waals surface area contributed by atoms with Crippen LogP contribution >= 0.6 is 0 Å². The third kappa shape index (κ3) is 3.21. The number of benzene rings is 1. The average Bonchev–Trinajstić information content (AvgIpc) is 2.61. The van der Waals surface area contributed by atoms with Crippen molar-refractivity contribution in [2.45, 2.75) is 32.1 Å². The molecule has 1 aliphatic rings. The average molecular weight is 311 g/mol. The van der Waals surface area contributed by atoms with Crippen molar-refractivity contribution in [2.24, 2.45) is 0 Å². The lowest BCUT2D eigenvalue weighted by Gasteiger charge is -2.16. The molecule has 0 saturated carbocycles. The smallest absolute Gasteiger partial charge is 0.250 e. The molecule has 1 aliphatic carbocycles. The Morgan fingerprint density at radius 1 is 1.09 bits per heavy atom. The molecule has 0 aliphatic heterocycles. The van der Waals surface area contributed by atoms with Gasteiger partial charge in [0, 0.05) is 6.54 Å². The van der Waals surface area contributed by atoms with E-state index in [2.05, 4.69) is 11.4 Å². The number of rotatable bonds is 6. The zero-order valence-corrected chi connectivity index (χ0v) is 13.4. The fourth-order valence-corrected chi connectivity index (χ4v) is 3.07. The Balaban J connectivity index is 1.70. The molecular formula is C19H21NO3. The van der Waals surface area contributed by atoms with Gasteiger partial charge < -0.3 is 10.1 Å². The molecule has 0 radical (unpaired) electrons. The lowest BCUT2D eigenvalue weighted by molar-refractivity contribution is 0.415. The van der Waals surface area contributed by atoms with Crippen LogP contribution in [-0.2, 0) is 0 Å². The van der Waals surface area contributed by atoms with E-state index in [0.29, 0.717) is 17.8 Å². The monoisotopic (exact) mass is 311 g/mol. The molecule has 1 N–H and O–H groups in total. The topological polar surface area (TPSA) is 55.4 Å². The largest absolute Gasteiger partial charge is 0.497 e. The molecule has 2 aromatic carbocycles. The second kappa shape index (κ2) is 6.82. The van der Waals surface area contributed by atoms with Gasteiger partial charge in [-0.3, -0.25) is 9.59 Å². The Labute approximate surface area is 135 Å². The molecule has 3 rings (SSSR count). The number of hydrogen-bond acceptors (Lipinski definition) is 4. The fourth-order valence-electron chi connectivity index (χ4n) is 3.07. The number of nitrogens with one attached hydrogen (secondary N) is 1. The Hall–Kier alpha value is -2.36. The Morgan fingerprint density at radius 2 is 1.87 bits per heavy atom. The number of anilines is 1. The van der Waals surface area contributed by atoms with Gasteiger partial charge in [0.05, 0.1) is 18.4 Å². The van der Waals surface area contributed by atoms with Crippen molar-refractivity contribution < 1.29 is 4.74 Å². The molecule has 0 fully saturated rings. The number of methoxy groups -OCH3 is 1. The van der Waals surface area contributed by atoms with Crippen LogP contribution in [0.15, 0.2) is 45.5 Å². The lowest BCUT2D eigenvalue weighted by Crippen LogP contribution is -2.36. The molecule has 120 valence electrons. The van der Waals surface area contributed by atoms with Gasteiger partial charge in [0.1, 0.15) is 5.75 Å². The van der Waals surface area contributed by atoms with Crippen molar-refractivity contribution in [1.29, 1.82) is 0 Å². The second-order valence-corrected chi connectivity index (χ2v) is 5.92. The lowest BCUT2D eigenvalue weighted by atomic mass is 9.96. The highest BCUT2D eigenvalue weighted by molar-refractivity contribution is 5.82. The van der Waals surface area contributed by atoms with E-state index in [1.165, 1.54) is 18.4 Å². The SMILES string of the molecule is COc1ccc(-c2c(NCCC3=CCCCC3)c(=O)c2=O)cc1. The number of hydrogen-bond donors (Lipinski definition) is 1. The molecule has 2 aromatic rings. The quantitative estimate of drug-likeness (QED) is 0.657. The molecule has 0 saturated heterocycles. The van der Waals surface area contributed by atoms with Crippen LogP contribution < -0.4 is 20.9 Å². The van der Waals surface area contributed by atoms with Gasteiger partial charge in [0.15, 0.2) is 0 Å². The van der Waals surface area contributed by atoms with Crippen LogP contribution in [-0.4, -0.2) is 13.7 Å². The highest BCUT2D eigenvalue weighted by Gasteiger charge is 2.21. The normalized spacial score (nSPS) is 14.6. The van der Waals surface area contributed by atoms with Crippen LogP contribution in [0, 0.1) is 0 Å². The highest BCUT2D eigenvalue weighted by Crippen LogP contribution is 2.26. The molecule has 4 heteroatoms. The second-order valence-electron chi connectivity index (χ2n) is 5.92. The van der Waals surface area contributed by atoms with Crippen LogP contribution in [0.3, 0.4) is 0 Å². The third-order valence-corrected chi connectivity index (χ3v) is 4.42. The molecule has 0 spiro atoms. The van der Waals surface area contributed by atoms with Gasteiger partial charge in [-0.15, -0.1) is 0 Å². The maximum absolute atomic E-state index is 11.9. The first-order chi connectivity index (χ1) is 11.2. The molecule has 0 unspecified atom stereocenters. The van der Waals surface area contributed by atoms with Crippen LogP contribution in [0.2, 0.25) is 0 Å². The van der Waals surface area contributed by atoms with E-state index in [9.17, 15) is 9.59 Å². The van der Waals surface area contributed by atoms with Gasteiger partial charge in [0.2, 0.25) is 10.9 Å². The Kier molecular flexibility index (Phi) is 4.60. The summed E-state index contributed by atoms with van der Waals surface area (Å²) < 4.78 is 5.12. The van der Waals surface area contributed by atoms with Crippen LogP contribution in [0.5, 0.6) is 5.75 Å². The zero-order valence-electron chi connectivity index (χ0n) is 13.4. The predicted octanol–water partition coefficient (Wildman–Crippen LogP) is 3.26. The molecule has 4 nitrogen and oxygen atoms in total. The summed E-state index contributed by atoms with van der Waals surface area (Å²) in [5, 5.41) is 3.16. The minimum atomic E-state index is -0.409. The van der Waals surface area contributed by atoms with Gasteiger partial charge in [-0.2, -0.15) is 0 Å². The summed E-state index contributed by atoms with van der Waals surface area (Å²) >= 11 is 0. The standard InChI is InChI=1S/C19H21NO3/c1-23-15-9-7-14(8-10-15)16-17(19(22)18(16)21)20-12-11-13-5-3-2-4-6-13/h5,7-10,20H,2-4,6,11-12H2,1H3. The highest BCUT2D eigenvalue weighted by atomic mass is 16.5. The maximum atomic E-state index is 11.9. The van der Waals surface area contributed by atoms with Gasteiger partial charge in [-0.25, -0.2) is 0 Å². The molecular weight excluding hydrogens is 290 g/mol. The van der Waals surface area contributed by atoms with E-state index in [1.54, 1.807) is 19.2 Å². The van der Waals surface area contributed by atoms with Crippen molar-refractivity contribution in [3.8, 4) is 16.9 Å². The van der Waals surface area contributed by atoms with Crippen molar-refractivity contribution in [1.82, 2.24) is 0 Å². The molecule has 0 heterocycles. The van der Waals surface area contributed by atoms with Crippen LogP contribution in [0.25, 0.3) is 11.1 Å². The number of ether oxygens (including phenoxy) is 1. The van der Waals surface area contributed by atoms with E-state index >= 15 is 0 Å². The van der Waals surface area contributed by atoms with Gasteiger partial charge in [-0.05, 0) is 49.8 Å². The molecule has 0 aromatic heterocycles. The van der Waals surface area contributed by atoms with Crippen molar-refractivity contribution >= 4 is 5.69 Å². The molecule has 0 bridgehead atoms. The third-order valence-electron chi connectivity index (χ3n) is 4.42. The van der Waals surface area contributed by atoms with E-state index in [1.807, 2.05) is 12.1 Å². The molecule has 0 amide bonds. The Morgan fingerprint density at radius 3 is 2.52 bits per heavy atom. The molecule has 0 atom stereocenters. The van der Waals surface area contributed by atoms with Gasteiger partial charge >= 0.3 is 0 Å². The first-order valence-electron chi connectivity index (χ1n) is 8.10. The Bertz CT molecular complexity index is 780. The summed E-state index contributed by atoms with van der Waals surface area (Å²) in [6.07, 6.45) is 8.07. The minimum Gasteiger partial charge on any atom is -0.497 e. The van der Waals surface area contributed by atoms with E-state index in [4.69, 9.17) is 4.74 Å². The first-order valence-corrected chi connectivity index (χ1v) is 8.10. The van der Waals surface area contributed by atoms with Crippen LogP contribution in [0.1, 0.15) is 32.1 Å². The fraction of sp³-hybridized carbons (Fsp3) is 0.368. The predicted molar refractivity (Wildman–Crippen MR) is 93.0 cm³/mol. The molecule has 23 heavy (non-hydrogen) atoms.